The number of imidazole rings is 1. The Bertz CT molecular complexity index is 1710. The molecule has 6 rings (SSSR count). The number of rotatable bonds is 7. The summed E-state index contributed by atoms with van der Waals surface area (Å²) in [6.07, 6.45) is -2.16. The van der Waals surface area contributed by atoms with Crippen molar-refractivity contribution in [1.82, 2.24) is 34.5 Å². The van der Waals surface area contributed by atoms with E-state index in [1.807, 2.05) is 31.2 Å². The monoisotopic (exact) mass is 566 g/mol. The van der Waals surface area contributed by atoms with Gasteiger partial charge >= 0.3 is 6.18 Å². The third-order valence-electron chi connectivity index (χ3n) is 6.51. The molecule has 1 saturated heterocycles. The summed E-state index contributed by atoms with van der Waals surface area (Å²) in [5.41, 5.74) is 4.63. The zero-order valence-corrected chi connectivity index (χ0v) is 22.3. The van der Waals surface area contributed by atoms with E-state index in [1.54, 1.807) is 37.1 Å². The molecule has 0 spiro atoms. The second-order valence-electron chi connectivity index (χ2n) is 9.46. The van der Waals surface area contributed by atoms with Crippen LogP contribution >= 0.6 is 0 Å². The molecule has 11 nitrogen and oxygen atoms in total. The third kappa shape index (κ3) is 5.43. The first-order valence-electron chi connectivity index (χ1n) is 12.7. The van der Waals surface area contributed by atoms with Crippen LogP contribution in [0.2, 0.25) is 0 Å². The van der Waals surface area contributed by atoms with Crippen LogP contribution in [0.25, 0.3) is 28.1 Å². The molecule has 0 radical (unpaired) electrons. The van der Waals surface area contributed by atoms with Gasteiger partial charge in [0, 0.05) is 23.4 Å². The zero-order valence-electron chi connectivity index (χ0n) is 22.3. The summed E-state index contributed by atoms with van der Waals surface area (Å²) in [5.74, 6) is 1.57. The average Bonchev–Trinajstić information content (AvgIpc) is 3.68. The molecule has 0 saturated carbocycles. The van der Waals surface area contributed by atoms with E-state index in [1.165, 1.54) is 6.20 Å². The van der Waals surface area contributed by atoms with E-state index < -0.39 is 19.0 Å². The van der Waals surface area contributed by atoms with Crippen molar-refractivity contribution >= 4 is 22.5 Å². The number of nitrogens with one attached hydrogen (secondary N) is 1. The Hall–Kier alpha value is -4.56. The molecule has 1 N–H and O–H groups in total. The molecule has 4 aromatic heterocycles. The highest BCUT2D eigenvalue weighted by atomic mass is 19.4. The van der Waals surface area contributed by atoms with Gasteiger partial charge in [-0.3, -0.25) is 9.25 Å². The number of halogens is 3. The number of aromatic nitrogens is 7. The number of benzene rings is 1. The Morgan fingerprint density at radius 2 is 1.88 bits per heavy atom. The summed E-state index contributed by atoms with van der Waals surface area (Å²) in [4.78, 5) is 9.41. The van der Waals surface area contributed by atoms with Crippen LogP contribution < -0.4 is 10.1 Å². The number of fused-ring (bicyclic) bond motifs is 1. The van der Waals surface area contributed by atoms with E-state index in [0.29, 0.717) is 69.8 Å². The smallest absolute Gasteiger partial charge is 0.408 e. The Kier molecular flexibility index (Phi) is 6.79. The molecule has 0 bridgehead atoms. The van der Waals surface area contributed by atoms with Crippen molar-refractivity contribution in [1.29, 1.82) is 0 Å². The molecule has 14 heteroatoms. The van der Waals surface area contributed by atoms with E-state index in [-0.39, 0.29) is 0 Å². The SMILES string of the molecule is COc1cc2c(cc1Nc1ccc(C)nn1)ncn2-c1ccc(C2OCCO2)c(-c2cn(CC(F)(F)F)nc2C)n1. The molecule has 212 valence electrons. The lowest BCUT2D eigenvalue weighted by Crippen LogP contribution is -2.17. The molecular weight excluding hydrogens is 541 g/mol. The fourth-order valence-electron chi connectivity index (χ4n) is 4.64. The second-order valence-corrected chi connectivity index (χ2v) is 9.46. The minimum absolute atomic E-state index is 0.394. The number of hydrogen-bond acceptors (Lipinski definition) is 9. The molecule has 5 aromatic rings. The van der Waals surface area contributed by atoms with E-state index in [2.05, 4.69) is 25.6 Å². The van der Waals surface area contributed by atoms with Gasteiger partial charge in [0.1, 0.15) is 24.4 Å². The summed E-state index contributed by atoms with van der Waals surface area (Å²) < 4.78 is 59.0. The maximum Gasteiger partial charge on any atom is 0.408 e. The Balaban J connectivity index is 1.42. The van der Waals surface area contributed by atoms with E-state index in [9.17, 15) is 13.2 Å². The first kappa shape index (κ1) is 26.7. The van der Waals surface area contributed by atoms with Gasteiger partial charge in [0.25, 0.3) is 0 Å². The maximum absolute atomic E-state index is 13.1. The number of anilines is 2. The number of aryl methyl sites for hydroxylation is 2. The largest absolute Gasteiger partial charge is 0.494 e. The summed E-state index contributed by atoms with van der Waals surface area (Å²) in [6.45, 7) is 3.08. The molecule has 0 aliphatic carbocycles. The fraction of sp³-hybridized carbons (Fsp3) is 0.296. The topological polar surface area (TPSA) is 114 Å². The molecule has 0 atom stereocenters. The Morgan fingerprint density at radius 3 is 2.59 bits per heavy atom. The standard InChI is InChI=1S/C27H25F3N8O3/c1-15-4-6-23(35-34-15)32-20-10-19-21(11-22(20)39-3)38(14-31-19)24-7-5-17(26-40-8-9-41-26)25(33-24)18-12-37(36-16(18)2)13-27(28,29)30/h4-7,10-12,14,26H,8-9,13H2,1-3H3,(H,32,35). The molecule has 41 heavy (non-hydrogen) atoms. The van der Waals surface area contributed by atoms with Gasteiger partial charge in [-0.2, -0.15) is 23.4 Å². The third-order valence-corrected chi connectivity index (χ3v) is 6.51. The van der Waals surface area contributed by atoms with Crippen LogP contribution in [0.3, 0.4) is 0 Å². The number of ether oxygens (including phenoxy) is 3. The van der Waals surface area contributed by atoms with Crippen LogP contribution in [0.5, 0.6) is 5.75 Å². The number of hydrogen-bond donors (Lipinski definition) is 1. The number of pyridine rings is 1. The van der Waals surface area contributed by atoms with Gasteiger partial charge in [-0.15, -0.1) is 5.10 Å². The summed E-state index contributed by atoms with van der Waals surface area (Å²) in [7, 11) is 1.56. The zero-order chi connectivity index (χ0) is 28.7. The minimum atomic E-state index is -4.42. The van der Waals surface area contributed by atoms with Gasteiger partial charge in [0.05, 0.1) is 54.1 Å². The van der Waals surface area contributed by atoms with Gasteiger partial charge in [-0.25, -0.2) is 9.97 Å². The lowest BCUT2D eigenvalue weighted by atomic mass is 10.1. The summed E-state index contributed by atoms with van der Waals surface area (Å²) in [5, 5.41) is 15.5. The summed E-state index contributed by atoms with van der Waals surface area (Å²) >= 11 is 0. The Labute approximate surface area is 231 Å². The van der Waals surface area contributed by atoms with Crippen molar-refractivity contribution in [3.8, 4) is 22.8 Å². The van der Waals surface area contributed by atoms with Crippen LogP contribution in [0.1, 0.15) is 23.2 Å². The van der Waals surface area contributed by atoms with Crippen molar-refractivity contribution in [2.45, 2.75) is 32.9 Å². The lowest BCUT2D eigenvalue weighted by molar-refractivity contribution is -0.142. The maximum atomic E-state index is 13.1. The first-order chi connectivity index (χ1) is 19.7. The van der Waals surface area contributed by atoms with Gasteiger partial charge in [0.2, 0.25) is 0 Å². The van der Waals surface area contributed by atoms with Crippen LogP contribution in [0.15, 0.2) is 48.9 Å². The van der Waals surface area contributed by atoms with Gasteiger partial charge in [-0.05, 0) is 44.2 Å². The predicted octanol–water partition coefficient (Wildman–Crippen LogP) is 5.05. The molecular formula is C27H25F3N8O3. The van der Waals surface area contributed by atoms with Crippen molar-refractivity contribution < 1.29 is 27.4 Å². The van der Waals surface area contributed by atoms with Crippen molar-refractivity contribution in [2.75, 3.05) is 25.6 Å². The van der Waals surface area contributed by atoms with Gasteiger partial charge in [-0.1, -0.05) is 0 Å². The molecule has 0 amide bonds. The quantitative estimate of drug-likeness (QED) is 0.289. The molecule has 1 aliphatic heterocycles. The molecule has 0 unspecified atom stereocenters. The predicted molar refractivity (Wildman–Crippen MR) is 142 cm³/mol. The molecule has 1 fully saturated rings. The van der Waals surface area contributed by atoms with Crippen molar-refractivity contribution in [3.63, 3.8) is 0 Å². The van der Waals surface area contributed by atoms with Crippen LogP contribution in [0.4, 0.5) is 24.7 Å². The first-order valence-corrected chi connectivity index (χ1v) is 12.7. The molecule has 1 aromatic carbocycles. The van der Waals surface area contributed by atoms with Crippen LogP contribution in [-0.2, 0) is 16.0 Å². The van der Waals surface area contributed by atoms with E-state index in [4.69, 9.17) is 19.2 Å². The normalized spacial score (nSPS) is 14.2. The minimum Gasteiger partial charge on any atom is -0.494 e. The highest BCUT2D eigenvalue weighted by molar-refractivity contribution is 5.86. The number of methoxy groups -OCH3 is 1. The number of nitrogens with zero attached hydrogens (tertiary/aromatic N) is 7. The van der Waals surface area contributed by atoms with Gasteiger partial charge < -0.3 is 19.5 Å². The van der Waals surface area contributed by atoms with Crippen molar-refractivity contribution in [2.24, 2.45) is 0 Å². The fourth-order valence-corrected chi connectivity index (χ4v) is 4.64. The summed E-state index contributed by atoms with van der Waals surface area (Å²) in [6, 6.07) is 10.9. The second kappa shape index (κ2) is 10.4. The highest BCUT2D eigenvalue weighted by Crippen LogP contribution is 2.36. The Morgan fingerprint density at radius 1 is 1.07 bits per heavy atom. The van der Waals surface area contributed by atoms with Gasteiger partial charge in [0.15, 0.2) is 12.1 Å². The highest BCUT2D eigenvalue weighted by Gasteiger charge is 2.30. The molecule has 1 aliphatic rings. The van der Waals surface area contributed by atoms with E-state index in [0.717, 1.165) is 10.4 Å². The van der Waals surface area contributed by atoms with Crippen molar-refractivity contribution in [3.05, 3.63) is 65.9 Å². The number of alkyl halides is 3. The lowest BCUT2D eigenvalue weighted by Gasteiger charge is -2.16. The molecule has 5 heterocycles. The van der Waals surface area contributed by atoms with E-state index >= 15 is 0 Å². The van der Waals surface area contributed by atoms with Crippen LogP contribution in [-0.4, -0.2) is 61.0 Å². The average molecular weight is 567 g/mol. The van der Waals surface area contributed by atoms with Crippen LogP contribution in [0, 0.1) is 13.8 Å².